The smallest absolute Gasteiger partial charge is 0.274 e. The van der Waals surface area contributed by atoms with E-state index in [1.807, 2.05) is 54.3 Å². The minimum absolute atomic E-state index is 0.00782. The maximum absolute atomic E-state index is 13.1. The Labute approximate surface area is 163 Å². The van der Waals surface area contributed by atoms with E-state index in [4.69, 9.17) is 4.74 Å². The number of aromatic nitrogens is 2. The van der Waals surface area contributed by atoms with Gasteiger partial charge in [-0.05, 0) is 43.0 Å². The van der Waals surface area contributed by atoms with Gasteiger partial charge in [-0.25, -0.2) is 4.68 Å². The fourth-order valence-corrected chi connectivity index (χ4v) is 3.74. The number of nitrogens with zero attached hydrogens (tertiary/aromatic N) is 2. The van der Waals surface area contributed by atoms with Crippen molar-refractivity contribution in [1.82, 2.24) is 14.7 Å². The maximum Gasteiger partial charge on any atom is 0.274 e. The lowest BCUT2D eigenvalue weighted by Crippen LogP contribution is -2.40. The van der Waals surface area contributed by atoms with Crippen molar-refractivity contribution in [2.75, 3.05) is 13.2 Å². The molecule has 1 amide bonds. The lowest BCUT2D eigenvalue weighted by atomic mass is 10.1. The number of aryl methyl sites for hydroxylation is 1. The number of nitrogens with one attached hydrogen (secondary N) is 1. The molecule has 6 heteroatoms. The minimum atomic E-state index is -0.170. The molecule has 146 valence electrons. The molecule has 2 aromatic carbocycles. The van der Waals surface area contributed by atoms with E-state index >= 15 is 0 Å². The zero-order chi connectivity index (χ0) is 19.5. The van der Waals surface area contributed by atoms with Crippen LogP contribution in [-0.4, -0.2) is 39.8 Å². The third-order valence-electron chi connectivity index (χ3n) is 5.37. The van der Waals surface area contributed by atoms with E-state index in [9.17, 15) is 9.59 Å². The minimum Gasteiger partial charge on any atom is -0.376 e. The number of hydrogen-bond acceptors (Lipinski definition) is 3. The van der Waals surface area contributed by atoms with E-state index in [1.54, 1.807) is 6.07 Å². The molecule has 28 heavy (non-hydrogen) atoms. The number of aromatic amines is 1. The van der Waals surface area contributed by atoms with Gasteiger partial charge in [0.25, 0.3) is 5.56 Å². The standard InChI is InChI=1S/C22H25N3O3/c1-16-7-2-3-8-17(16)13-24(14-18-9-6-12-28-18)21(26)15-25-22(27)19-10-4-5-11-20(19)23-25/h2-5,7-8,10-11,18,23H,6,9,12-15H2,1H3/t18-/m1/s1. The summed E-state index contributed by atoms with van der Waals surface area (Å²) in [5.41, 5.74) is 2.83. The monoisotopic (exact) mass is 379 g/mol. The number of para-hydroxylation sites is 1. The Balaban J connectivity index is 1.57. The van der Waals surface area contributed by atoms with Crippen LogP contribution in [0.5, 0.6) is 0 Å². The van der Waals surface area contributed by atoms with Crippen LogP contribution in [0.25, 0.3) is 10.9 Å². The first-order valence-electron chi connectivity index (χ1n) is 9.73. The van der Waals surface area contributed by atoms with E-state index < -0.39 is 0 Å². The molecule has 0 aliphatic carbocycles. The summed E-state index contributed by atoms with van der Waals surface area (Å²) in [6.45, 7) is 3.85. The van der Waals surface area contributed by atoms with Crippen LogP contribution >= 0.6 is 0 Å². The molecule has 1 atom stereocenters. The fourth-order valence-electron chi connectivity index (χ4n) is 3.74. The average molecular weight is 379 g/mol. The number of H-pyrrole nitrogens is 1. The largest absolute Gasteiger partial charge is 0.376 e. The topological polar surface area (TPSA) is 67.3 Å². The lowest BCUT2D eigenvalue weighted by molar-refractivity contribution is -0.134. The van der Waals surface area contributed by atoms with Crippen LogP contribution in [0.4, 0.5) is 0 Å². The van der Waals surface area contributed by atoms with Crippen molar-refractivity contribution < 1.29 is 9.53 Å². The van der Waals surface area contributed by atoms with E-state index in [0.29, 0.717) is 18.5 Å². The third kappa shape index (κ3) is 3.87. The highest BCUT2D eigenvalue weighted by Crippen LogP contribution is 2.17. The molecule has 6 nitrogen and oxygen atoms in total. The van der Waals surface area contributed by atoms with Crippen LogP contribution in [-0.2, 0) is 22.6 Å². The van der Waals surface area contributed by atoms with Crippen molar-refractivity contribution in [3.8, 4) is 0 Å². The summed E-state index contributed by atoms with van der Waals surface area (Å²) in [6.07, 6.45) is 2.05. The van der Waals surface area contributed by atoms with Gasteiger partial charge < -0.3 is 9.64 Å². The SMILES string of the molecule is Cc1ccccc1CN(C[C@H]1CCCO1)C(=O)Cn1[nH]c2ccccc2c1=O. The number of fused-ring (bicyclic) bond motifs is 1. The van der Waals surface area contributed by atoms with Crippen molar-refractivity contribution in [1.29, 1.82) is 0 Å². The van der Waals surface area contributed by atoms with Crippen molar-refractivity contribution in [2.45, 2.75) is 39.0 Å². The summed E-state index contributed by atoms with van der Waals surface area (Å²) in [7, 11) is 0. The van der Waals surface area contributed by atoms with Crippen LogP contribution < -0.4 is 5.56 Å². The Kier molecular flexibility index (Phi) is 5.30. The van der Waals surface area contributed by atoms with Gasteiger partial charge in [-0.1, -0.05) is 36.4 Å². The van der Waals surface area contributed by atoms with Crippen molar-refractivity contribution >= 4 is 16.8 Å². The Bertz CT molecular complexity index is 1030. The van der Waals surface area contributed by atoms with E-state index in [1.165, 1.54) is 4.68 Å². The van der Waals surface area contributed by atoms with Crippen LogP contribution in [0.3, 0.4) is 0 Å². The molecule has 0 radical (unpaired) electrons. The maximum atomic E-state index is 13.1. The number of benzene rings is 2. The Morgan fingerprint density at radius 1 is 1.21 bits per heavy atom. The molecule has 1 N–H and O–H groups in total. The molecule has 4 rings (SSSR count). The van der Waals surface area contributed by atoms with Gasteiger partial charge in [0.1, 0.15) is 6.54 Å². The first-order valence-corrected chi connectivity index (χ1v) is 9.73. The van der Waals surface area contributed by atoms with Gasteiger partial charge >= 0.3 is 0 Å². The number of carbonyl (C=O) groups excluding carboxylic acids is 1. The average Bonchev–Trinajstić information content (AvgIpc) is 3.31. The highest BCUT2D eigenvalue weighted by molar-refractivity contribution is 5.79. The molecule has 0 bridgehead atoms. The quantitative estimate of drug-likeness (QED) is 0.716. The van der Waals surface area contributed by atoms with Gasteiger partial charge in [0, 0.05) is 19.7 Å². The first kappa shape index (κ1) is 18.5. The molecule has 0 spiro atoms. The summed E-state index contributed by atoms with van der Waals surface area (Å²) >= 11 is 0. The predicted molar refractivity (Wildman–Crippen MR) is 108 cm³/mol. The van der Waals surface area contributed by atoms with Gasteiger partial charge in [0.05, 0.1) is 17.0 Å². The lowest BCUT2D eigenvalue weighted by Gasteiger charge is -2.26. The van der Waals surface area contributed by atoms with Gasteiger partial charge in [-0.2, -0.15) is 0 Å². The molecule has 3 aromatic rings. The Hall–Kier alpha value is -2.86. The number of hydrogen-bond donors (Lipinski definition) is 1. The predicted octanol–water partition coefficient (Wildman–Crippen LogP) is 2.85. The fraction of sp³-hybridized carbons (Fsp3) is 0.364. The molecule has 1 fully saturated rings. The van der Waals surface area contributed by atoms with Gasteiger partial charge in [0.15, 0.2) is 0 Å². The molecular formula is C22H25N3O3. The second-order valence-electron chi connectivity index (χ2n) is 7.38. The third-order valence-corrected chi connectivity index (χ3v) is 5.37. The molecule has 0 saturated carbocycles. The highest BCUT2D eigenvalue weighted by atomic mass is 16.5. The van der Waals surface area contributed by atoms with Crippen LogP contribution in [0, 0.1) is 6.92 Å². The van der Waals surface area contributed by atoms with Crippen LogP contribution in [0.2, 0.25) is 0 Å². The zero-order valence-electron chi connectivity index (χ0n) is 16.1. The number of ether oxygens (including phenoxy) is 1. The zero-order valence-corrected chi connectivity index (χ0v) is 16.1. The van der Waals surface area contributed by atoms with E-state index in [0.717, 1.165) is 36.1 Å². The molecule has 1 aliphatic rings. The van der Waals surface area contributed by atoms with E-state index in [-0.39, 0.29) is 24.1 Å². The highest BCUT2D eigenvalue weighted by Gasteiger charge is 2.24. The number of rotatable bonds is 6. The normalized spacial score (nSPS) is 16.5. The summed E-state index contributed by atoms with van der Waals surface area (Å²) < 4.78 is 7.15. The molecular weight excluding hydrogens is 354 g/mol. The van der Waals surface area contributed by atoms with Crippen LogP contribution in [0.15, 0.2) is 53.3 Å². The summed E-state index contributed by atoms with van der Waals surface area (Å²) in [5, 5.41) is 3.64. The van der Waals surface area contributed by atoms with Crippen molar-refractivity contribution in [2.24, 2.45) is 0 Å². The molecule has 0 unspecified atom stereocenters. The summed E-state index contributed by atoms with van der Waals surface area (Å²) in [6, 6.07) is 15.4. The number of amides is 1. The summed E-state index contributed by atoms with van der Waals surface area (Å²) in [5.74, 6) is -0.0904. The molecule has 1 saturated heterocycles. The second kappa shape index (κ2) is 8.02. The van der Waals surface area contributed by atoms with Gasteiger partial charge in [-0.15, -0.1) is 0 Å². The van der Waals surface area contributed by atoms with Crippen LogP contribution in [0.1, 0.15) is 24.0 Å². The second-order valence-corrected chi connectivity index (χ2v) is 7.38. The first-order chi connectivity index (χ1) is 13.6. The molecule has 1 aliphatic heterocycles. The van der Waals surface area contributed by atoms with Crippen molar-refractivity contribution in [3.63, 3.8) is 0 Å². The van der Waals surface area contributed by atoms with Gasteiger partial charge in [0.2, 0.25) is 5.91 Å². The van der Waals surface area contributed by atoms with Gasteiger partial charge in [-0.3, -0.25) is 14.7 Å². The molecule has 1 aromatic heterocycles. The Morgan fingerprint density at radius 3 is 2.75 bits per heavy atom. The number of carbonyl (C=O) groups is 1. The molecule has 2 heterocycles. The van der Waals surface area contributed by atoms with E-state index in [2.05, 4.69) is 5.10 Å². The Morgan fingerprint density at radius 2 is 2.00 bits per heavy atom. The van der Waals surface area contributed by atoms with Crippen molar-refractivity contribution in [3.05, 3.63) is 70.0 Å². The summed E-state index contributed by atoms with van der Waals surface area (Å²) in [4.78, 5) is 27.5.